The lowest BCUT2D eigenvalue weighted by atomic mass is 9.98. The van der Waals surface area contributed by atoms with Gasteiger partial charge in [0.15, 0.2) is 8.07 Å². The molecule has 0 fully saturated rings. The molecule has 0 saturated heterocycles. The van der Waals surface area contributed by atoms with Crippen molar-refractivity contribution in [3.63, 3.8) is 0 Å². The number of nitrogens with zero attached hydrogens (tertiary/aromatic N) is 3. The number of hydrogen-bond acceptors (Lipinski definition) is 0. The lowest BCUT2D eigenvalue weighted by molar-refractivity contribution is 1.13. The monoisotopic (exact) mass is 907 g/mol. The minimum absolute atomic E-state index is 1.13. The fourth-order valence-electron chi connectivity index (χ4n) is 11.9. The summed E-state index contributed by atoms with van der Waals surface area (Å²) in [7, 11) is -2.72. The van der Waals surface area contributed by atoms with Gasteiger partial charge in [0.25, 0.3) is 0 Å². The molecule has 3 heterocycles. The van der Waals surface area contributed by atoms with E-state index in [-0.39, 0.29) is 0 Å². The van der Waals surface area contributed by atoms with E-state index in [0.717, 1.165) is 17.1 Å². The smallest absolute Gasteiger partial charge is 0.179 e. The molecule has 0 spiro atoms. The standard InChI is InChI=1S/C66H45N3Si/c1-5-21-47(22-6-1)67-59-34-16-13-29-54(59)56-44-39-46(45-64(56)67)53-32-19-37-62-65(53)58-31-15-18-36-61(58)69(62)63-38-20-33-57-55-30-14-17-35-60(55)68(66(57)63)48-40-42-52(43-41-48)70(49-23-7-2-8-24-49,50-25-9-3-10-26-50)51-27-11-4-12-28-51/h1-45H. The topological polar surface area (TPSA) is 14.8 Å². The SMILES string of the molecule is c1ccc(-n2c3ccccc3c3ccc(-c4cccc5c4c4ccccc4n5-c4cccc5c6ccccc6n(-c6ccc([Si](c7ccccc7)(c7ccccc7)c7ccccc7)cc6)c45)cc32)cc1. The largest absolute Gasteiger partial charge is 0.309 e. The molecule has 11 aromatic carbocycles. The molecule has 0 aliphatic heterocycles. The van der Waals surface area contributed by atoms with Gasteiger partial charge >= 0.3 is 0 Å². The van der Waals surface area contributed by atoms with Crippen LogP contribution in [-0.2, 0) is 0 Å². The predicted octanol–water partition coefficient (Wildman–Crippen LogP) is 14.0. The van der Waals surface area contributed by atoms with E-state index in [9.17, 15) is 0 Å². The summed E-state index contributed by atoms with van der Waals surface area (Å²) in [4.78, 5) is 0. The fraction of sp³-hybridized carbons (Fsp3) is 0. The van der Waals surface area contributed by atoms with Crippen molar-refractivity contribution in [1.82, 2.24) is 13.7 Å². The maximum Gasteiger partial charge on any atom is 0.179 e. The van der Waals surface area contributed by atoms with Gasteiger partial charge in [0.1, 0.15) is 0 Å². The second kappa shape index (κ2) is 16.1. The van der Waals surface area contributed by atoms with Crippen LogP contribution in [0.2, 0.25) is 0 Å². The molecule has 0 unspecified atom stereocenters. The van der Waals surface area contributed by atoms with E-state index in [1.807, 2.05) is 0 Å². The molecule has 14 rings (SSSR count). The van der Waals surface area contributed by atoms with Crippen LogP contribution in [0.5, 0.6) is 0 Å². The summed E-state index contributed by atoms with van der Waals surface area (Å²) in [5.74, 6) is 0. The maximum atomic E-state index is 2.51. The number of para-hydroxylation sites is 5. The lowest BCUT2D eigenvalue weighted by Gasteiger charge is -2.34. The third-order valence-corrected chi connectivity index (χ3v) is 19.6. The summed E-state index contributed by atoms with van der Waals surface area (Å²) in [6, 6.07) is 101. The van der Waals surface area contributed by atoms with E-state index in [0.29, 0.717) is 0 Å². The third-order valence-electron chi connectivity index (χ3n) is 14.8. The Morgan fingerprint density at radius 3 is 1.33 bits per heavy atom. The minimum atomic E-state index is -2.72. The first-order valence-corrected chi connectivity index (χ1v) is 26.2. The first kappa shape index (κ1) is 40.1. The van der Waals surface area contributed by atoms with Gasteiger partial charge in [0, 0.05) is 43.7 Å². The number of rotatable bonds is 8. The number of fused-ring (bicyclic) bond motifs is 9. The highest BCUT2D eigenvalue weighted by atomic mass is 28.3. The van der Waals surface area contributed by atoms with Gasteiger partial charge < -0.3 is 13.7 Å². The summed E-state index contributed by atoms with van der Waals surface area (Å²) < 4.78 is 7.43. The number of benzene rings is 11. The summed E-state index contributed by atoms with van der Waals surface area (Å²) in [5.41, 5.74) is 12.9. The Hall–Kier alpha value is -8.96. The second-order valence-electron chi connectivity index (χ2n) is 18.4. The zero-order valence-corrected chi connectivity index (χ0v) is 39.3. The normalized spacial score (nSPS) is 12.0. The lowest BCUT2D eigenvalue weighted by Crippen LogP contribution is -2.74. The molecule has 0 aliphatic carbocycles. The van der Waals surface area contributed by atoms with Crippen LogP contribution >= 0.6 is 0 Å². The van der Waals surface area contributed by atoms with Crippen molar-refractivity contribution < 1.29 is 0 Å². The van der Waals surface area contributed by atoms with Gasteiger partial charge in [-0.15, -0.1) is 0 Å². The average molecular weight is 908 g/mol. The molecular weight excluding hydrogens is 863 g/mol. The van der Waals surface area contributed by atoms with Crippen LogP contribution in [-0.4, -0.2) is 21.8 Å². The van der Waals surface area contributed by atoms with Crippen molar-refractivity contribution in [3.05, 3.63) is 273 Å². The van der Waals surface area contributed by atoms with Crippen LogP contribution < -0.4 is 20.7 Å². The van der Waals surface area contributed by atoms with E-state index >= 15 is 0 Å². The highest BCUT2D eigenvalue weighted by Crippen LogP contribution is 2.43. The first-order chi connectivity index (χ1) is 34.8. The molecule has 0 N–H and O–H groups in total. The van der Waals surface area contributed by atoms with Crippen molar-refractivity contribution in [3.8, 4) is 28.2 Å². The molecule has 328 valence electrons. The van der Waals surface area contributed by atoms with E-state index in [1.165, 1.54) is 97.3 Å². The Morgan fingerprint density at radius 2 is 0.700 bits per heavy atom. The Balaban J connectivity index is 0.997. The van der Waals surface area contributed by atoms with E-state index in [4.69, 9.17) is 0 Å². The van der Waals surface area contributed by atoms with Crippen molar-refractivity contribution in [2.45, 2.75) is 0 Å². The van der Waals surface area contributed by atoms with Crippen LogP contribution in [0.25, 0.3) is 93.6 Å². The Bertz CT molecular complexity index is 4170. The molecule has 3 nitrogen and oxygen atoms in total. The van der Waals surface area contributed by atoms with Gasteiger partial charge in [-0.1, -0.05) is 212 Å². The zero-order chi connectivity index (χ0) is 46.2. The van der Waals surface area contributed by atoms with Crippen molar-refractivity contribution in [1.29, 1.82) is 0 Å². The Kier molecular flexibility index (Phi) is 9.23. The van der Waals surface area contributed by atoms with Gasteiger partial charge in [-0.25, -0.2) is 0 Å². The van der Waals surface area contributed by atoms with Gasteiger partial charge in [-0.2, -0.15) is 0 Å². The Morgan fingerprint density at radius 1 is 0.257 bits per heavy atom. The highest BCUT2D eigenvalue weighted by Gasteiger charge is 2.41. The molecule has 14 aromatic rings. The fourth-order valence-corrected chi connectivity index (χ4v) is 16.6. The van der Waals surface area contributed by atoms with E-state index in [1.54, 1.807) is 0 Å². The first-order valence-electron chi connectivity index (χ1n) is 24.2. The van der Waals surface area contributed by atoms with Crippen LogP contribution in [0.4, 0.5) is 0 Å². The number of hydrogen-bond donors (Lipinski definition) is 0. The molecule has 0 saturated carbocycles. The van der Waals surface area contributed by atoms with Gasteiger partial charge in [0.2, 0.25) is 0 Å². The quantitative estimate of drug-likeness (QED) is 0.107. The molecule has 0 amide bonds. The molecule has 70 heavy (non-hydrogen) atoms. The molecular formula is C66H45N3Si. The van der Waals surface area contributed by atoms with Crippen LogP contribution in [0, 0.1) is 0 Å². The summed E-state index contributed by atoms with van der Waals surface area (Å²) in [6.45, 7) is 0. The predicted molar refractivity (Wildman–Crippen MR) is 299 cm³/mol. The van der Waals surface area contributed by atoms with Gasteiger partial charge in [-0.05, 0) is 92.5 Å². The Labute approximate surface area is 407 Å². The molecule has 0 radical (unpaired) electrons. The summed E-state index contributed by atoms with van der Waals surface area (Å²) >= 11 is 0. The highest BCUT2D eigenvalue weighted by molar-refractivity contribution is 7.19. The van der Waals surface area contributed by atoms with Crippen molar-refractivity contribution >= 4 is 94.2 Å². The summed E-state index contributed by atoms with van der Waals surface area (Å²) in [6.07, 6.45) is 0. The van der Waals surface area contributed by atoms with Crippen LogP contribution in [0.15, 0.2) is 273 Å². The molecule has 0 atom stereocenters. The van der Waals surface area contributed by atoms with Gasteiger partial charge in [-0.3, -0.25) is 0 Å². The summed E-state index contributed by atoms with van der Waals surface area (Å²) in [5, 5.41) is 12.9. The van der Waals surface area contributed by atoms with Crippen LogP contribution in [0.1, 0.15) is 0 Å². The molecule has 0 bridgehead atoms. The van der Waals surface area contributed by atoms with Crippen molar-refractivity contribution in [2.75, 3.05) is 0 Å². The maximum absolute atomic E-state index is 2.72. The molecule has 4 heteroatoms. The molecule has 0 aliphatic rings. The number of aromatic nitrogens is 3. The van der Waals surface area contributed by atoms with Crippen molar-refractivity contribution in [2.24, 2.45) is 0 Å². The van der Waals surface area contributed by atoms with Gasteiger partial charge in [0.05, 0.1) is 38.8 Å². The minimum Gasteiger partial charge on any atom is -0.309 e. The van der Waals surface area contributed by atoms with Crippen LogP contribution in [0.3, 0.4) is 0 Å². The second-order valence-corrected chi connectivity index (χ2v) is 22.2. The zero-order valence-electron chi connectivity index (χ0n) is 38.3. The van der Waals surface area contributed by atoms with E-state index < -0.39 is 8.07 Å². The molecule has 3 aromatic heterocycles. The average Bonchev–Trinajstić information content (AvgIpc) is 4.08. The third kappa shape index (κ3) is 5.94. The van der Waals surface area contributed by atoms with E-state index in [2.05, 4.69) is 287 Å².